The minimum Gasteiger partial charge on any atom is -0.444 e. The summed E-state index contributed by atoms with van der Waals surface area (Å²) in [4.78, 5) is 13.5. The van der Waals surface area contributed by atoms with Crippen LogP contribution in [-0.4, -0.2) is 29.7 Å². The van der Waals surface area contributed by atoms with E-state index in [1.807, 2.05) is 20.8 Å². The Bertz CT molecular complexity index is 265. The molecule has 1 atom stereocenters. The quantitative estimate of drug-likeness (QED) is 0.577. The van der Waals surface area contributed by atoms with E-state index in [1.54, 1.807) is 4.90 Å². The van der Waals surface area contributed by atoms with E-state index < -0.39 is 5.60 Å². The van der Waals surface area contributed by atoms with Crippen LogP contribution in [0.2, 0.25) is 0 Å². The Balaban J connectivity index is 2.52. The van der Waals surface area contributed by atoms with Gasteiger partial charge in [-0.1, -0.05) is 19.1 Å². The molecule has 86 valence electrons. The summed E-state index contributed by atoms with van der Waals surface area (Å²) in [7, 11) is 0. The number of carbonyl (C=O) groups excluding carboxylic acids is 1. The van der Waals surface area contributed by atoms with Crippen LogP contribution in [0, 0.1) is 5.92 Å². The first kappa shape index (κ1) is 12.1. The van der Waals surface area contributed by atoms with Crippen LogP contribution in [0.1, 0.15) is 34.1 Å². The van der Waals surface area contributed by atoms with E-state index in [1.165, 1.54) is 0 Å². The van der Waals surface area contributed by atoms with Crippen molar-refractivity contribution in [2.24, 2.45) is 5.92 Å². The smallest absolute Gasteiger partial charge is 0.410 e. The third-order valence-electron chi connectivity index (χ3n) is 2.57. The molecule has 1 fully saturated rings. The molecule has 0 N–H and O–H groups in total. The van der Waals surface area contributed by atoms with Crippen LogP contribution >= 0.6 is 0 Å². The molecule has 1 amide bonds. The normalized spacial score (nSPS) is 22.8. The fraction of sp³-hybridized carbons (Fsp3) is 0.750. The van der Waals surface area contributed by atoms with Crippen molar-refractivity contribution in [3.8, 4) is 0 Å². The van der Waals surface area contributed by atoms with Crippen LogP contribution in [-0.2, 0) is 4.74 Å². The summed E-state index contributed by atoms with van der Waals surface area (Å²) < 4.78 is 5.31. The Morgan fingerprint density at radius 2 is 2.13 bits per heavy atom. The maximum absolute atomic E-state index is 11.7. The zero-order valence-electron chi connectivity index (χ0n) is 10.2. The predicted molar refractivity (Wildman–Crippen MR) is 60.7 cm³/mol. The van der Waals surface area contributed by atoms with Crippen molar-refractivity contribution < 1.29 is 9.53 Å². The van der Waals surface area contributed by atoms with Crippen molar-refractivity contribution >= 4 is 6.09 Å². The molecule has 1 heterocycles. The molecular weight excluding hydrogens is 190 g/mol. The average molecular weight is 211 g/mol. The highest BCUT2D eigenvalue weighted by Crippen LogP contribution is 2.22. The SMILES string of the molecule is C=C1CN(C(=O)OC(C)(C)C)CCC1C. The van der Waals surface area contributed by atoms with Gasteiger partial charge in [-0.05, 0) is 33.1 Å². The molecule has 0 aromatic carbocycles. The van der Waals surface area contributed by atoms with Crippen LogP contribution < -0.4 is 0 Å². The Hall–Kier alpha value is -0.990. The van der Waals surface area contributed by atoms with Gasteiger partial charge in [0.25, 0.3) is 0 Å². The van der Waals surface area contributed by atoms with Crippen molar-refractivity contribution in [2.45, 2.75) is 39.7 Å². The average Bonchev–Trinajstić information content (AvgIpc) is 2.06. The van der Waals surface area contributed by atoms with Gasteiger partial charge in [0.1, 0.15) is 5.60 Å². The molecule has 0 aliphatic carbocycles. The lowest BCUT2D eigenvalue weighted by Crippen LogP contribution is -2.42. The van der Waals surface area contributed by atoms with Crippen molar-refractivity contribution in [1.29, 1.82) is 0 Å². The number of ether oxygens (including phenoxy) is 1. The van der Waals surface area contributed by atoms with Crippen LogP contribution in [0.5, 0.6) is 0 Å². The van der Waals surface area contributed by atoms with E-state index in [0.717, 1.165) is 18.5 Å². The zero-order chi connectivity index (χ0) is 11.6. The molecular formula is C12H21NO2. The van der Waals surface area contributed by atoms with E-state index in [2.05, 4.69) is 13.5 Å². The van der Waals surface area contributed by atoms with Gasteiger partial charge in [0.05, 0.1) is 0 Å². The second-order valence-corrected chi connectivity index (χ2v) is 5.25. The minimum absolute atomic E-state index is 0.226. The van der Waals surface area contributed by atoms with Gasteiger partial charge in [-0.25, -0.2) is 4.79 Å². The van der Waals surface area contributed by atoms with E-state index in [0.29, 0.717) is 12.5 Å². The van der Waals surface area contributed by atoms with Gasteiger partial charge >= 0.3 is 6.09 Å². The molecule has 1 aliphatic rings. The molecule has 15 heavy (non-hydrogen) atoms. The lowest BCUT2D eigenvalue weighted by Gasteiger charge is -2.33. The fourth-order valence-corrected chi connectivity index (χ4v) is 1.52. The minimum atomic E-state index is -0.415. The lowest BCUT2D eigenvalue weighted by atomic mass is 9.95. The van der Waals surface area contributed by atoms with Gasteiger partial charge in [0, 0.05) is 13.1 Å². The van der Waals surface area contributed by atoms with Crippen LogP contribution in [0.25, 0.3) is 0 Å². The Morgan fingerprint density at radius 3 is 2.60 bits per heavy atom. The number of nitrogens with zero attached hydrogens (tertiary/aromatic N) is 1. The monoisotopic (exact) mass is 211 g/mol. The van der Waals surface area contributed by atoms with Gasteiger partial charge in [-0.3, -0.25) is 0 Å². The predicted octanol–water partition coefficient (Wildman–Crippen LogP) is 2.82. The molecule has 0 saturated carbocycles. The Kier molecular flexibility index (Phi) is 3.42. The van der Waals surface area contributed by atoms with Crippen molar-refractivity contribution in [1.82, 2.24) is 4.90 Å². The Morgan fingerprint density at radius 1 is 1.53 bits per heavy atom. The molecule has 1 saturated heterocycles. The highest BCUT2D eigenvalue weighted by molar-refractivity contribution is 5.68. The van der Waals surface area contributed by atoms with Gasteiger partial charge in [-0.2, -0.15) is 0 Å². The number of carbonyl (C=O) groups is 1. The maximum atomic E-state index is 11.7. The number of amides is 1. The first-order valence-corrected chi connectivity index (χ1v) is 5.45. The second kappa shape index (κ2) is 4.25. The highest BCUT2D eigenvalue weighted by atomic mass is 16.6. The largest absolute Gasteiger partial charge is 0.444 e. The number of hydrogen-bond acceptors (Lipinski definition) is 2. The van der Waals surface area contributed by atoms with Crippen LogP contribution in [0.15, 0.2) is 12.2 Å². The van der Waals surface area contributed by atoms with Crippen LogP contribution in [0.4, 0.5) is 4.79 Å². The first-order valence-electron chi connectivity index (χ1n) is 5.45. The summed E-state index contributed by atoms with van der Waals surface area (Å²) >= 11 is 0. The fourth-order valence-electron chi connectivity index (χ4n) is 1.52. The number of piperidine rings is 1. The molecule has 0 radical (unpaired) electrons. The molecule has 1 aliphatic heterocycles. The Labute approximate surface area is 92.1 Å². The van der Waals surface area contributed by atoms with Crippen molar-refractivity contribution in [2.75, 3.05) is 13.1 Å². The highest BCUT2D eigenvalue weighted by Gasteiger charge is 2.26. The molecule has 3 heteroatoms. The van der Waals surface area contributed by atoms with Gasteiger partial charge in [0.15, 0.2) is 0 Å². The van der Waals surface area contributed by atoms with Crippen molar-refractivity contribution in [3.63, 3.8) is 0 Å². The molecule has 1 unspecified atom stereocenters. The first-order chi connectivity index (χ1) is 6.79. The van der Waals surface area contributed by atoms with E-state index in [9.17, 15) is 4.79 Å². The van der Waals surface area contributed by atoms with Crippen LogP contribution in [0.3, 0.4) is 0 Å². The number of hydrogen-bond donors (Lipinski definition) is 0. The molecule has 1 rings (SSSR count). The van der Waals surface area contributed by atoms with Gasteiger partial charge < -0.3 is 9.64 Å². The van der Waals surface area contributed by atoms with E-state index in [-0.39, 0.29) is 6.09 Å². The summed E-state index contributed by atoms with van der Waals surface area (Å²) in [5, 5.41) is 0. The van der Waals surface area contributed by atoms with Gasteiger partial charge in [-0.15, -0.1) is 0 Å². The third-order valence-corrected chi connectivity index (χ3v) is 2.57. The topological polar surface area (TPSA) is 29.5 Å². The summed E-state index contributed by atoms with van der Waals surface area (Å²) in [6.45, 7) is 13.2. The van der Waals surface area contributed by atoms with Crippen molar-refractivity contribution in [3.05, 3.63) is 12.2 Å². The van der Waals surface area contributed by atoms with E-state index in [4.69, 9.17) is 4.74 Å². The summed E-state index contributed by atoms with van der Waals surface area (Å²) in [6.07, 6.45) is 0.758. The van der Waals surface area contributed by atoms with Gasteiger partial charge in [0.2, 0.25) is 0 Å². The molecule has 3 nitrogen and oxygen atoms in total. The summed E-state index contributed by atoms with van der Waals surface area (Å²) in [5.41, 5.74) is 0.702. The number of rotatable bonds is 0. The van der Waals surface area contributed by atoms with E-state index >= 15 is 0 Å². The summed E-state index contributed by atoms with van der Waals surface area (Å²) in [6, 6.07) is 0. The molecule has 0 aromatic rings. The molecule has 0 aromatic heterocycles. The third kappa shape index (κ3) is 3.57. The summed E-state index contributed by atoms with van der Waals surface area (Å²) in [5.74, 6) is 0.517. The standard InChI is InChI=1S/C12H21NO2/c1-9-6-7-13(8-10(9)2)11(14)15-12(3,4)5/h9H,2,6-8H2,1,3-5H3. The molecule has 0 spiro atoms. The zero-order valence-corrected chi connectivity index (χ0v) is 10.2. The lowest BCUT2D eigenvalue weighted by molar-refractivity contribution is 0.0233. The molecule has 0 bridgehead atoms. The number of likely N-dealkylation sites (tertiary alicyclic amines) is 1. The second-order valence-electron chi connectivity index (χ2n) is 5.25. The maximum Gasteiger partial charge on any atom is 0.410 e.